The summed E-state index contributed by atoms with van der Waals surface area (Å²) < 4.78 is 0. The Labute approximate surface area is 113 Å². The lowest BCUT2D eigenvalue weighted by atomic mass is 10.1. The molecular formula is C15H18N2O2. The maximum absolute atomic E-state index is 11.7. The van der Waals surface area contributed by atoms with Gasteiger partial charge in [-0.15, -0.1) is 0 Å². The molecule has 0 spiro atoms. The van der Waals surface area contributed by atoms with Gasteiger partial charge in [-0.2, -0.15) is 0 Å². The van der Waals surface area contributed by atoms with Crippen LogP contribution in [-0.2, 0) is 0 Å². The number of aliphatic hydroxyl groups is 1. The maximum Gasteiger partial charge on any atom is 0.319 e. The van der Waals surface area contributed by atoms with Crippen LogP contribution < -0.4 is 10.6 Å². The Morgan fingerprint density at radius 3 is 2.95 bits per heavy atom. The molecule has 2 amide bonds. The summed E-state index contributed by atoms with van der Waals surface area (Å²) in [5.41, 5.74) is 2.54. The molecule has 0 radical (unpaired) electrons. The van der Waals surface area contributed by atoms with Crippen molar-refractivity contribution >= 4 is 11.7 Å². The van der Waals surface area contributed by atoms with Crippen molar-refractivity contribution < 1.29 is 9.90 Å². The summed E-state index contributed by atoms with van der Waals surface area (Å²) in [5.74, 6) is 5.83. The van der Waals surface area contributed by atoms with Crippen LogP contribution in [0.3, 0.4) is 0 Å². The van der Waals surface area contributed by atoms with E-state index in [0.29, 0.717) is 18.2 Å². The van der Waals surface area contributed by atoms with Gasteiger partial charge in [-0.05, 0) is 37.5 Å². The number of hydrogen-bond donors (Lipinski definition) is 3. The van der Waals surface area contributed by atoms with Gasteiger partial charge in [0, 0.05) is 18.0 Å². The van der Waals surface area contributed by atoms with Gasteiger partial charge in [-0.25, -0.2) is 4.79 Å². The van der Waals surface area contributed by atoms with Gasteiger partial charge in [0.15, 0.2) is 0 Å². The fourth-order valence-corrected chi connectivity index (χ4v) is 1.66. The number of urea groups is 1. The minimum Gasteiger partial charge on any atom is -0.395 e. The average Bonchev–Trinajstić information content (AvgIpc) is 3.16. The molecule has 0 aromatic heterocycles. The highest BCUT2D eigenvalue weighted by atomic mass is 16.2. The highest BCUT2D eigenvalue weighted by Crippen LogP contribution is 2.20. The maximum atomic E-state index is 11.7. The van der Waals surface area contributed by atoms with Crippen LogP contribution in [0.4, 0.5) is 10.5 Å². The first kappa shape index (κ1) is 13.4. The third-order valence-corrected chi connectivity index (χ3v) is 2.80. The van der Waals surface area contributed by atoms with Crippen LogP contribution in [0.5, 0.6) is 0 Å². The first-order chi connectivity index (χ1) is 9.19. The monoisotopic (exact) mass is 258 g/mol. The molecule has 0 bridgehead atoms. The second kappa shape index (κ2) is 6.26. The van der Waals surface area contributed by atoms with Crippen molar-refractivity contribution in [2.45, 2.75) is 32.2 Å². The fraction of sp³-hybridized carbons (Fsp3) is 0.400. The highest BCUT2D eigenvalue weighted by Gasteiger charge is 2.23. The molecule has 0 unspecified atom stereocenters. The largest absolute Gasteiger partial charge is 0.395 e. The normalized spacial score (nSPS) is 13.4. The van der Waals surface area contributed by atoms with Gasteiger partial charge in [0.1, 0.15) is 0 Å². The molecule has 0 heterocycles. The van der Waals surface area contributed by atoms with Gasteiger partial charge in [0.25, 0.3) is 0 Å². The summed E-state index contributed by atoms with van der Waals surface area (Å²) in [5, 5.41) is 14.4. The smallest absolute Gasteiger partial charge is 0.319 e. The van der Waals surface area contributed by atoms with Gasteiger partial charge in [-0.3, -0.25) is 0 Å². The number of amides is 2. The Hall–Kier alpha value is -1.99. The fourth-order valence-electron chi connectivity index (χ4n) is 1.66. The predicted octanol–water partition coefficient (Wildman–Crippen LogP) is 2.01. The zero-order valence-electron chi connectivity index (χ0n) is 11.0. The number of nitrogens with one attached hydrogen (secondary N) is 2. The van der Waals surface area contributed by atoms with Crippen LogP contribution in [0.2, 0.25) is 0 Å². The van der Waals surface area contributed by atoms with Crippen molar-refractivity contribution in [2.75, 3.05) is 11.9 Å². The Morgan fingerprint density at radius 1 is 1.47 bits per heavy atom. The Balaban J connectivity index is 2.09. The van der Waals surface area contributed by atoms with Crippen LogP contribution in [-0.4, -0.2) is 23.8 Å². The summed E-state index contributed by atoms with van der Waals surface area (Å²) in [4.78, 5) is 11.7. The van der Waals surface area contributed by atoms with Gasteiger partial charge < -0.3 is 15.7 Å². The number of benzene rings is 1. The molecule has 1 fully saturated rings. The van der Waals surface area contributed by atoms with E-state index in [2.05, 4.69) is 22.5 Å². The Bertz CT molecular complexity index is 525. The number of hydrogen-bond acceptors (Lipinski definition) is 2. The molecular weight excluding hydrogens is 240 g/mol. The van der Waals surface area contributed by atoms with Crippen molar-refractivity contribution in [1.29, 1.82) is 0 Å². The van der Waals surface area contributed by atoms with E-state index in [0.717, 1.165) is 24.0 Å². The topological polar surface area (TPSA) is 61.4 Å². The Morgan fingerprint density at radius 2 is 2.26 bits per heavy atom. The first-order valence-corrected chi connectivity index (χ1v) is 6.47. The SMILES string of the molecule is Cc1ccc(C#CCCO)c(NC(=O)NC2CC2)c1. The molecule has 1 saturated carbocycles. The van der Waals surface area contributed by atoms with E-state index in [1.807, 2.05) is 25.1 Å². The number of aliphatic hydroxyl groups excluding tert-OH is 1. The zero-order valence-corrected chi connectivity index (χ0v) is 11.0. The molecule has 4 nitrogen and oxygen atoms in total. The lowest BCUT2D eigenvalue weighted by molar-refractivity contribution is 0.251. The van der Waals surface area contributed by atoms with E-state index in [1.165, 1.54) is 0 Å². The molecule has 0 atom stereocenters. The number of anilines is 1. The van der Waals surface area contributed by atoms with Crippen LogP contribution >= 0.6 is 0 Å². The average molecular weight is 258 g/mol. The third kappa shape index (κ3) is 4.31. The molecule has 2 rings (SSSR count). The molecule has 0 saturated heterocycles. The van der Waals surface area contributed by atoms with E-state index in [-0.39, 0.29) is 12.6 Å². The van der Waals surface area contributed by atoms with Crippen LogP contribution in [0.1, 0.15) is 30.4 Å². The van der Waals surface area contributed by atoms with Crippen LogP contribution in [0, 0.1) is 18.8 Å². The zero-order chi connectivity index (χ0) is 13.7. The van der Waals surface area contributed by atoms with Gasteiger partial charge in [0.05, 0.1) is 12.3 Å². The van der Waals surface area contributed by atoms with Crippen molar-refractivity contribution in [3.8, 4) is 11.8 Å². The molecule has 4 heteroatoms. The minimum absolute atomic E-state index is 0.0454. The summed E-state index contributed by atoms with van der Waals surface area (Å²) in [6, 6.07) is 5.88. The number of rotatable bonds is 3. The summed E-state index contributed by atoms with van der Waals surface area (Å²) >= 11 is 0. The van der Waals surface area contributed by atoms with Crippen molar-refractivity contribution in [1.82, 2.24) is 5.32 Å². The molecule has 100 valence electrons. The number of carbonyl (C=O) groups excluding carboxylic acids is 1. The molecule has 3 N–H and O–H groups in total. The van der Waals surface area contributed by atoms with Gasteiger partial charge >= 0.3 is 6.03 Å². The van der Waals surface area contributed by atoms with Gasteiger partial charge in [-0.1, -0.05) is 17.9 Å². The van der Waals surface area contributed by atoms with Crippen molar-refractivity contribution in [2.24, 2.45) is 0 Å². The van der Waals surface area contributed by atoms with E-state index in [9.17, 15) is 4.79 Å². The lowest BCUT2D eigenvalue weighted by Crippen LogP contribution is -2.30. The molecule has 1 aliphatic rings. The van der Waals surface area contributed by atoms with Crippen molar-refractivity contribution in [3.63, 3.8) is 0 Å². The molecule has 1 aromatic rings. The van der Waals surface area contributed by atoms with Crippen molar-refractivity contribution in [3.05, 3.63) is 29.3 Å². The van der Waals surface area contributed by atoms with E-state index in [1.54, 1.807) is 0 Å². The number of aryl methyl sites for hydroxylation is 1. The molecule has 0 aliphatic heterocycles. The minimum atomic E-state index is -0.182. The quantitative estimate of drug-likeness (QED) is 0.726. The summed E-state index contributed by atoms with van der Waals surface area (Å²) in [6.07, 6.45) is 2.55. The lowest BCUT2D eigenvalue weighted by Gasteiger charge is -2.09. The van der Waals surface area contributed by atoms with Gasteiger partial charge in [0.2, 0.25) is 0 Å². The second-order valence-electron chi connectivity index (χ2n) is 4.70. The highest BCUT2D eigenvalue weighted by molar-refractivity contribution is 5.91. The second-order valence-corrected chi connectivity index (χ2v) is 4.70. The first-order valence-electron chi connectivity index (χ1n) is 6.47. The van der Waals surface area contributed by atoms with Crippen LogP contribution in [0.25, 0.3) is 0 Å². The van der Waals surface area contributed by atoms with E-state index < -0.39 is 0 Å². The predicted molar refractivity (Wildman–Crippen MR) is 74.9 cm³/mol. The Kier molecular flexibility index (Phi) is 4.43. The summed E-state index contributed by atoms with van der Waals surface area (Å²) in [7, 11) is 0. The third-order valence-electron chi connectivity index (χ3n) is 2.80. The van der Waals surface area contributed by atoms with E-state index in [4.69, 9.17) is 5.11 Å². The molecule has 19 heavy (non-hydrogen) atoms. The molecule has 1 aromatic carbocycles. The summed E-state index contributed by atoms with van der Waals surface area (Å²) in [6.45, 7) is 2.01. The van der Waals surface area contributed by atoms with Crippen LogP contribution in [0.15, 0.2) is 18.2 Å². The standard InChI is InChI=1S/C15H18N2O2/c1-11-5-6-12(4-2-3-9-18)14(10-11)17-15(19)16-13-7-8-13/h5-6,10,13,18H,3,7-9H2,1H3,(H2,16,17,19). The number of carbonyl (C=O) groups is 1. The van der Waals surface area contributed by atoms with E-state index >= 15 is 0 Å². The molecule has 1 aliphatic carbocycles.